The summed E-state index contributed by atoms with van der Waals surface area (Å²) in [5, 5.41) is 38.6. The normalized spacial score (nSPS) is 18.1. The largest absolute Gasteiger partial charge is 0.512 e. The molecule has 0 unspecified atom stereocenters. The van der Waals surface area contributed by atoms with E-state index < -0.39 is 0 Å². The molecule has 0 heterocycles. The zero-order valence-corrected chi connectivity index (χ0v) is 11.3. The molecule has 6 heteroatoms. The lowest BCUT2D eigenvalue weighted by molar-refractivity contribution is -0.110. The number of carbonyl (C=O) groups is 1. The lowest BCUT2D eigenvalue weighted by atomic mass is 10.1. The van der Waals surface area contributed by atoms with Gasteiger partial charge in [-0.15, -0.1) is 6.42 Å². The number of ketones is 1. The van der Waals surface area contributed by atoms with Crippen LogP contribution in [0.15, 0.2) is 58.9 Å². The molecule has 0 saturated heterocycles. The van der Waals surface area contributed by atoms with Gasteiger partial charge < -0.3 is 15.3 Å². The predicted molar refractivity (Wildman–Crippen MR) is 76.3 cm³/mol. The highest BCUT2D eigenvalue weighted by molar-refractivity contribution is 6.01. The maximum Gasteiger partial charge on any atom is 0.182 e. The fourth-order valence-corrected chi connectivity index (χ4v) is 1.49. The van der Waals surface area contributed by atoms with Gasteiger partial charge in [-0.3, -0.25) is 15.1 Å². The average molecular weight is 289 g/mol. The van der Waals surface area contributed by atoms with E-state index in [2.05, 4.69) is 5.92 Å². The van der Waals surface area contributed by atoms with E-state index in [1.807, 2.05) is 0 Å². The summed E-state index contributed by atoms with van der Waals surface area (Å²) in [4.78, 5) is 11.0. The highest BCUT2D eigenvalue weighted by Crippen LogP contribution is 2.15. The van der Waals surface area contributed by atoms with Crippen LogP contribution in [0.4, 0.5) is 0 Å². The molecule has 0 aliphatic heterocycles. The average Bonchev–Trinajstić information content (AvgIpc) is 2.38. The highest BCUT2D eigenvalue weighted by atomic mass is 16.5. The highest BCUT2D eigenvalue weighted by Gasteiger charge is 2.11. The van der Waals surface area contributed by atoms with Crippen molar-refractivity contribution >= 4 is 5.78 Å². The van der Waals surface area contributed by atoms with Crippen molar-refractivity contribution in [2.75, 3.05) is 6.54 Å². The van der Waals surface area contributed by atoms with Crippen molar-refractivity contribution in [1.29, 1.82) is 0 Å². The molecule has 0 radical (unpaired) electrons. The number of hydrogen-bond acceptors (Lipinski definition) is 6. The molecular formula is C15H15NO5. The van der Waals surface area contributed by atoms with Gasteiger partial charge in [0.25, 0.3) is 0 Å². The molecule has 0 aromatic carbocycles. The van der Waals surface area contributed by atoms with Crippen LogP contribution in [-0.2, 0) is 4.79 Å². The fourth-order valence-electron chi connectivity index (χ4n) is 1.49. The minimum Gasteiger partial charge on any atom is -0.512 e. The van der Waals surface area contributed by atoms with Gasteiger partial charge in [0, 0.05) is 23.9 Å². The molecule has 0 saturated carbocycles. The Balaban J connectivity index is 2.91. The topological polar surface area (TPSA) is 101 Å². The van der Waals surface area contributed by atoms with E-state index in [1.54, 1.807) is 0 Å². The minimum absolute atomic E-state index is 0.0297. The van der Waals surface area contributed by atoms with Crippen molar-refractivity contribution < 1.29 is 25.3 Å². The first-order chi connectivity index (χ1) is 9.83. The smallest absolute Gasteiger partial charge is 0.182 e. The van der Waals surface area contributed by atoms with Crippen LogP contribution in [-0.4, -0.2) is 37.9 Å². The van der Waals surface area contributed by atoms with Crippen LogP contribution in [0, 0.1) is 12.3 Å². The van der Waals surface area contributed by atoms with Crippen molar-refractivity contribution in [3.8, 4) is 12.3 Å². The van der Waals surface area contributed by atoms with Gasteiger partial charge in [0.1, 0.15) is 11.5 Å². The summed E-state index contributed by atoms with van der Waals surface area (Å²) in [7, 11) is 0. The molecule has 1 aliphatic rings. The maximum atomic E-state index is 11.0. The number of carbonyl (C=O) groups excluding carboxylic acids is 1. The molecule has 110 valence electrons. The Morgan fingerprint density at radius 1 is 1.43 bits per heavy atom. The Hall–Kier alpha value is -2.91. The lowest BCUT2D eigenvalue weighted by Gasteiger charge is -2.15. The van der Waals surface area contributed by atoms with Gasteiger partial charge in [-0.1, -0.05) is 5.92 Å². The summed E-state index contributed by atoms with van der Waals surface area (Å²) in [6, 6.07) is 0. The molecule has 4 N–H and O–H groups in total. The SMILES string of the molecule is C#C/C(CN(O)C=C1C=CC(=O)C=C1O)=C(O)\C=C(/C)O. The van der Waals surface area contributed by atoms with Crippen LogP contribution in [0.3, 0.4) is 0 Å². The van der Waals surface area contributed by atoms with E-state index in [1.165, 1.54) is 19.1 Å². The Morgan fingerprint density at radius 2 is 2.10 bits per heavy atom. The number of hydroxylamine groups is 2. The molecule has 0 aromatic rings. The fraction of sp³-hybridized carbons (Fsp3) is 0.133. The first-order valence-electron chi connectivity index (χ1n) is 5.90. The lowest BCUT2D eigenvalue weighted by Crippen LogP contribution is -2.17. The summed E-state index contributed by atoms with van der Waals surface area (Å²) in [5.41, 5.74) is 0.240. The van der Waals surface area contributed by atoms with Crippen LogP contribution in [0.1, 0.15) is 6.92 Å². The monoisotopic (exact) mass is 289 g/mol. The van der Waals surface area contributed by atoms with E-state index in [9.17, 15) is 20.2 Å². The second kappa shape index (κ2) is 7.03. The number of aliphatic hydroxyl groups excluding tert-OH is 3. The van der Waals surface area contributed by atoms with Gasteiger partial charge in [-0.05, 0) is 19.1 Å². The Labute approximate surface area is 121 Å². The molecule has 0 aromatic heterocycles. The summed E-state index contributed by atoms with van der Waals surface area (Å²) in [5.74, 6) is 1.04. The first-order valence-corrected chi connectivity index (χ1v) is 5.90. The van der Waals surface area contributed by atoms with E-state index >= 15 is 0 Å². The third kappa shape index (κ3) is 4.93. The number of hydrogen-bond donors (Lipinski definition) is 4. The van der Waals surface area contributed by atoms with Crippen molar-refractivity contribution in [2.24, 2.45) is 0 Å². The zero-order chi connectivity index (χ0) is 16.0. The van der Waals surface area contributed by atoms with Crippen LogP contribution >= 0.6 is 0 Å². The molecule has 0 fully saturated rings. The Morgan fingerprint density at radius 3 is 2.62 bits per heavy atom. The summed E-state index contributed by atoms with van der Waals surface area (Å²) >= 11 is 0. The van der Waals surface area contributed by atoms with Gasteiger partial charge in [-0.25, -0.2) is 0 Å². The van der Waals surface area contributed by atoms with Gasteiger partial charge in [0.2, 0.25) is 0 Å². The second-order valence-electron chi connectivity index (χ2n) is 4.24. The molecule has 0 atom stereocenters. The quantitative estimate of drug-likeness (QED) is 0.273. The van der Waals surface area contributed by atoms with E-state index in [0.29, 0.717) is 5.06 Å². The Bertz CT molecular complexity index is 625. The molecule has 0 spiro atoms. The van der Waals surface area contributed by atoms with Crippen molar-refractivity contribution in [2.45, 2.75) is 6.92 Å². The minimum atomic E-state index is -0.362. The summed E-state index contributed by atoms with van der Waals surface area (Å²) in [6.07, 6.45) is 11.0. The predicted octanol–water partition coefficient (Wildman–Crippen LogP) is 2.05. The van der Waals surface area contributed by atoms with E-state index in [0.717, 1.165) is 18.4 Å². The molecule has 0 bridgehead atoms. The third-order valence-corrected chi connectivity index (χ3v) is 2.44. The zero-order valence-electron chi connectivity index (χ0n) is 11.3. The van der Waals surface area contributed by atoms with Gasteiger partial charge in [-0.2, -0.15) is 0 Å². The second-order valence-corrected chi connectivity index (χ2v) is 4.24. The van der Waals surface area contributed by atoms with E-state index in [4.69, 9.17) is 11.5 Å². The van der Waals surface area contributed by atoms with Crippen LogP contribution < -0.4 is 0 Å². The molecule has 6 nitrogen and oxygen atoms in total. The van der Waals surface area contributed by atoms with Crippen molar-refractivity contribution in [3.63, 3.8) is 0 Å². The number of rotatable bonds is 4. The number of allylic oxidation sites excluding steroid dienone is 5. The number of nitrogens with zero attached hydrogens (tertiary/aromatic N) is 1. The van der Waals surface area contributed by atoms with Crippen LogP contribution in [0.25, 0.3) is 0 Å². The first kappa shape index (κ1) is 16.1. The molecule has 21 heavy (non-hydrogen) atoms. The Kier molecular flexibility index (Phi) is 5.40. The molecular weight excluding hydrogens is 274 g/mol. The van der Waals surface area contributed by atoms with Crippen LogP contribution in [0.5, 0.6) is 0 Å². The summed E-state index contributed by atoms with van der Waals surface area (Å²) < 4.78 is 0. The molecule has 0 amide bonds. The van der Waals surface area contributed by atoms with E-state index in [-0.39, 0.29) is 40.8 Å². The van der Waals surface area contributed by atoms with Crippen molar-refractivity contribution in [1.82, 2.24) is 5.06 Å². The van der Waals surface area contributed by atoms with Gasteiger partial charge in [0.15, 0.2) is 5.78 Å². The standard InChI is InChI=1S/C15H15NO5/c1-3-11(14(19)6-10(2)17)8-16(21)9-12-4-5-13(18)7-15(12)20/h1,4-7,9,17,19-21H,8H2,2H3/b10-6+,12-9?,14-11-. The van der Waals surface area contributed by atoms with Crippen LogP contribution in [0.2, 0.25) is 0 Å². The number of terminal acetylenes is 1. The van der Waals surface area contributed by atoms with Crippen molar-refractivity contribution in [3.05, 3.63) is 58.9 Å². The maximum absolute atomic E-state index is 11.0. The third-order valence-electron chi connectivity index (χ3n) is 2.44. The molecule has 1 aliphatic carbocycles. The summed E-state index contributed by atoms with van der Waals surface area (Å²) in [6.45, 7) is 1.11. The van der Waals surface area contributed by atoms with Gasteiger partial charge >= 0.3 is 0 Å². The number of aliphatic hydroxyl groups is 3. The molecule has 1 rings (SSSR count). The van der Waals surface area contributed by atoms with Gasteiger partial charge in [0.05, 0.1) is 17.9 Å².